The molecule has 2 atom stereocenters. The third-order valence-electron chi connectivity index (χ3n) is 2.74. The number of hydrogen-bond donors (Lipinski definition) is 2. The van der Waals surface area contributed by atoms with Crippen molar-refractivity contribution in [2.24, 2.45) is 5.73 Å². The smallest absolute Gasteiger partial charge is 0.315 e. The highest BCUT2D eigenvalue weighted by atomic mass is 16.5. The average molecular weight is 226 g/mol. The fraction of sp³-hybridized carbons (Fsp3) is 0.800. The van der Waals surface area contributed by atoms with E-state index >= 15 is 0 Å². The van der Waals surface area contributed by atoms with Gasteiger partial charge in [-0.25, -0.2) is 0 Å². The van der Waals surface area contributed by atoms with Crippen molar-refractivity contribution >= 4 is 6.01 Å². The summed E-state index contributed by atoms with van der Waals surface area (Å²) in [4.78, 5) is 0. The molecule has 0 aromatic carbocycles. The van der Waals surface area contributed by atoms with Gasteiger partial charge in [0.25, 0.3) is 0 Å². The zero-order valence-corrected chi connectivity index (χ0v) is 9.69. The van der Waals surface area contributed by atoms with Crippen LogP contribution in [0.5, 0.6) is 0 Å². The molecule has 0 saturated carbocycles. The predicted molar refractivity (Wildman–Crippen MR) is 59.0 cm³/mol. The molecule has 1 aromatic rings. The van der Waals surface area contributed by atoms with E-state index in [0.717, 1.165) is 19.4 Å². The zero-order valence-electron chi connectivity index (χ0n) is 9.69. The number of aromatic nitrogens is 2. The molecule has 2 heterocycles. The molecule has 16 heavy (non-hydrogen) atoms. The van der Waals surface area contributed by atoms with Gasteiger partial charge < -0.3 is 20.2 Å². The van der Waals surface area contributed by atoms with Crippen molar-refractivity contribution in [3.05, 3.63) is 5.89 Å². The van der Waals surface area contributed by atoms with Crippen LogP contribution >= 0.6 is 0 Å². The minimum absolute atomic E-state index is 0.122. The number of nitrogens with two attached hydrogens (primary N) is 1. The lowest BCUT2D eigenvalue weighted by Gasteiger charge is -2.22. The molecular formula is C10H18N4O2. The summed E-state index contributed by atoms with van der Waals surface area (Å²) in [6.45, 7) is 5.38. The van der Waals surface area contributed by atoms with Crippen molar-refractivity contribution < 1.29 is 9.15 Å². The summed E-state index contributed by atoms with van der Waals surface area (Å²) < 4.78 is 11.0. The fourth-order valence-corrected chi connectivity index (χ4v) is 1.73. The van der Waals surface area contributed by atoms with Crippen molar-refractivity contribution in [1.29, 1.82) is 0 Å². The lowest BCUT2D eigenvalue weighted by Crippen LogP contribution is -2.32. The average Bonchev–Trinajstić information content (AvgIpc) is 2.84. The van der Waals surface area contributed by atoms with Gasteiger partial charge >= 0.3 is 6.01 Å². The Morgan fingerprint density at radius 2 is 2.38 bits per heavy atom. The quantitative estimate of drug-likeness (QED) is 0.798. The Morgan fingerprint density at radius 1 is 1.56 bits per heavy atom. The monoisotopic (exact) mass is 226 g/mol. The second kappa shape index (κ2) is 4.39. The fourth-order valence-electron chi connectivity index (χ4n) is 1.73. The summed E-state index contributed by atoms with van der Waals surface area (Å²) in [5, 5.41) is 10.8. The van der Waals surface area contributed by atoms with Crippen LogP contribution in [0.3, 0.4) is 0 Å². The molecule has 2 unspecified atom stereocenters. The summed E-state index contributed by atoms with van der Waals surface area (Å²) in [5.41, 5.74) is 5.50. The van der Waals surface area contributed by atoms with Gasteiger partial charge in [0.2, 0.25) is 5.89 Å². The lowest BCUT2D eigenvalue weighted by molar-refractivity contribution is 0.0311. The minimum Gasteiger partial charge on any atom is -0.406 e. The summed E-state index contributed by atoms with van der Waals surface area (Å²) >= 11 is 0. The molecule has 0 aliphatic carbocycles. The van der Waals surface area contributed by atoms with Gasteiger partial charge in [0.1, 0.15) is 0 Å². The second-order valence-electron chi connectivity index (χ2n) is 4.49. The van der Waals surface area contributed by atoms with E-state index in [1.807, 2.05) is 0 Å². The highest BCUT2D eigenvalue weighted by Crippen LogP contribution is 2.25. The van der Waals surface area contributed by atoms with Crippen LogP contribution in [0.25, 0.3) is 0 Å². The summed E-state index contributed by atoms with van der Waals surface area (Å²) in [5.74, 6) is 0.444. The van der Waals surface area contributed by atoms with Gasteiger partial charge in [0.05, 0.1) is 11.6 Å². The number of ether oxygens (including phenoxy) is 1. The third-order valence-corrected chi connectivity index (χ3v) is 2.74. The first-order chi connectivity index (χ1) is 7.59. The standard InChI is InChI=1S/C10H18N4O2/c1-7(11)8-13-14-9(16-8)12-6-10(2)4-3-5-15-10/h7H,3-6,11H2,1-2H3,(H,12,14). The van der Waals surface area contributed by atoms with E-state index in [2.05, 4.69) is 22.4 Å². The van der Waals surface area contributed by atoms with Gasteiger partial charge in [-0.3, -0.25) is 0 Å². The summed E-state index contributed by atoms with van der Waals surface area (Å²) in [7, 11) is 0. The Hall–Kier alpha value is -1.14. The van der Waals surface area contributed by atoms with Crippen molar-refractivity contribution in [3.8, 4) is 0 Å². The number of hydrogen-bond acceptors (Lipinski definition) is 6. The number of rotatable bonds is 4. The lowest BCUT2D eigenvalue weighted by atomic mass is 10.0. The first kappa shape index (κ1) is 11.3. The molecule has 6 heteroatoms. The molecule has 0 radical (unpaired) electrons. The van der Waals surface area contributed by atoms with Gasteiger partial charge in [-0.05, 0) is 26.7 Å². The Labute approximate surface area is 94.6 Å². The van der Waals surface area contributed by atoms with Crippen molar-refractivity contribution in [1.82, 2.24) is 10.2 Å². The first-order valence-electron chi connectivity index (χ1n) is 5.56. The van der Waals surface area contributed by atoms with E-state index in [4.69, 9.17) is 14.9 Å². The van der Waals surface area contributed by atoms with E-state index in [0.29, 0.717) is 18.5 Å². The summed E-state index contributed by atoms with van der Waals surface area (Å²) in [6, 6.07) is 0.172. The normalized spacial score (nSPS) is 26.9. The van der Waals surface area contributed by atoms with Gasteiger partial charge in [-0.2, -0.15) is 0 Å². The maximum absolute atomic E-state index is 5.64. The van der Waals surface area contributed by atoms with Crippen LogP contribution in [0.4, 0.5) is 6.01 Å². The Morgan fingerprint density at radius 3 is 2.94 bits per heavy atom. The van der Waals surface area contributed by atoms with Crippen molar-refractivity contribution in [3.63, 3.8) is 0 Å². The van der Waals surface area contributed by atoms with Crippen LogP contribution in [-0.4, -0.2) is 29.0 Å². The van der Waals surface area contributed by atoms with E-state index in [1.165, 1.54) is 0 Å². The number of anilines is 1. The molecule has 90 valence electrons. The molecule has 0 spiro atoms. The molecule has 1 fully saturated rings. The molecule has 1 saturated heterocycles. The molecule has 1 aliphatic rings. The van der Waals surface area contributed by atoms with Crippen LogP contribution in [0.1, 0.15) is 38.6 Å². The van der Waals surface area contributed by atoms with E-state index in [-0.39, 0.29) is 11.6 Å². The van der Waals surface area contributed by atoms with Crippen molar-refractivity contribution in [2.45, 2.75) is 38.3 Å². The van der Waals surface area contributed by atoms with Gasteiger partial charge in [0.15, 0.2) is 0 Å². The SMILES string of the molecule is CC(N)c1nnc(NCC2(C)CCCO2)o1. The van der Waals surface area contributed by atoms with Crippen LogP contribution in [0, 0.1) is 0 Å². The van der Waals surface area contributed by atoms with Gasteiger partial charge in [-0.15, -0.1) is 5.10 Å². The van der Waals surface area contributed by atoms with Crippen LogP contribution < -0.4 is 11.1 Å². The Balaban J connectivity index is 1.89. The van der Waals surface area contributed by atoms with E-state index in [9.17, 15) is 0 Å². The molecule has 0 bridgehead atoms. The topological polar surface area (TPSA) is 86.2 Å². The van der Waals surface area contributed by atoms with Crippen LogP contribution in [0.2, 0.25) is 0 Å². The molecule has 0 amide bonds. The molecule has 2 rings (SSSR count). The third kappa shape index (κ3) is 2.51. The van der Waals surface area contributed by atoms with Gasteiger partial charge in [-0.1, -0.05) is 5.10 Å². The predicted octanol–water partition coefficient (Wildman–Crippen LogP) is 1.07. The maximum atomic E-state index is 5.64. The van der Waals surface area contributed by atoms with E-state index < -0.39 is 0 Å². The highest BCUT2D eigenvalue weighted by Gasteiger charge is 2.29. The van der Waals surface area contributed by atoms with E-state index in [1.54, 1.807) is 6.92 Å². The summed E-state index contributed by atoms with van der Waals surface area (Å²) in [6.07, 6.45) is 2.15. The molecule has 1 aliphatic heterocycles. The first-order valence-corrected chi connectivity index (χ1v) is 5.56. The zero-order chi connectivity index (χ0) is 11.6. The number of nitrogens with zero attached hydrogens (tertiary/aromatic N) is 2. The molecule has 6 nitrogen and oxygen atoms in total. The molecule has 1 aromatic heterocycles. The second-order valence-corrected chi connectivity index (χ2v) is 4.49. The van der Waals surface area contributed by atoms with Crippen LogP contribution in [-0.2, 0) is 4.74 Å². The minimum atomic E-state index is -0.235. The highest BCUT2D eigenvalue weighted by molar-refractivity contribution is 5.18. The maximum Gasteiger partial charge on any atom is 0.315 e. The van der Waals surface area contributed by atoms with Crippen molar-refractivity contribution in [2.75, 3.05) is 18.5 Å². The van der Waals surface area contributed by atoms with Gasteiger partial charge in [0, 0.05) is 13.2 Å². The largest absolute Gasteiger partial charge is 0.406 e. The van der Waals surface area contributed by atoms with Crippen LogP contribution in [0.15, 0.2) is 4.42 Å². The Bertz CT molecular complexity index is 344. The Kier molecular flexibility index (Phi) is 3.11. The molecule has 3 N–H and O–H groups in total. The number of nitrogens with one attached hydrogen (secondary N) is 1. The molecular weight excluding hydrogens is 208 g/mol.